The maximum Gasteiger partial charge on any atom is 0.420 e. The minimum absolute atomic E-state index is 0.0450. The fourth-order valence-corrected chi connectivity index (χ4v) is 5.65. The van der Waals surface area contributed by atoms with Crippen LogP contribution in [0.2, 0.25) is 0 Å². The Hall–Kier alpha value is -4.22. The maximum atomic E-state index is 15.1. The van der Waals surface area contributed by atoms with Gasteiger partial charge in [0.05, 0.1) is 11.6 Å². The van der Waals surface area contributed by atoms with E-state index in [-0.39, 0.29) is 16.2 Å². The van der Waals surface area contributed by atoms with Crippen molar-refractivity contribution in [3.05, 3.63) is 70.2 Å². The SMILES string of the molecule is C[C@H](c1ccccc1C#CC1(NC(=O)O)CC1)n1c(=O)oc2cc(S(=O)(=O)Nc3ncns3)c(F)cc21. The van der Waals surface area contributed by atoms with Gasteiger partial charge in [-0.15, -0.1) is 0 Å². The molecule has 1 saturated carbocycles. The van der Waals surface area contributed by atoms with E-state index in [2.05, 4.69) is 31.2 Å². The fourth-order valence-electron chi connectivity index (χ4n) is 3.91. The monoisotopic (exact) mass is 543 g/mol. The number of oxazole rings is 1. The summed E-state index contributed by atoms with van der Waals surface area (Å²) in [5.41, 5.74) is 0.298. The first kappa shape index (κ1) is 24.5. The average Bonchev–Trinajstić information content (AvgIpc) is 3.24. The number of hydrogen-bond donors (Lipinski definition) is 3. The van der Waals surface area contributed by atoms with Gasteiger partial charge in [-0.25, -0.2) is 27.4 Å². The summed E-state index contributed by atoms with van der Waals surface area (Å²) in [5.74, 6) is 4.06. The van der Waals surface area contributed by atoms with Gasteiger partial charge in [-0.05, 0) is 31.4 Å². The van der Waals surface area contributed by atoms with Gasteiger partial charge in [-0.2, -0.15) is 4.37 Å². The van der Waals surface area contributed by atoms with Gasteiger partial charge in [0.1, 0.15) is 22.6 Å². The van der Waals surface area contributed by atoms with Gasteiger partial charge in [0.25, 0.3) is 10.0 Å². The lowest BCUT2D eigenvalue weighted by atomic mass is 10.0. The third kappa shape index (κ3) is 4.78. The molecule has 0 bridgehead atoms. The van der Waals surface area contributed by atoms with E-state index in [0.717, 1.165) is 30.0 Å². The van der Waals surface area contributed by atoms with Crippen LogP contribution < -0.4 is 15.8 Å². The van der Waals surface area contributed by atoms with Crippen LogP contribution in [0.25, 0.3) is 11.1 Å². The predicted molar refractivity (Wildman–Crippen MR) is 131 cm³/mol. The molecule has 1 amide bonds. The summed E-state index contributed by atoms with van der Waals surface area (Å²) in [5, 5.41) is 11.4. The summed E-state index contributed by atoms with van der Waals surface area (Å²) in [6.45, 7) is 1.69. The number of rotatable bonds is 6. The van der Waals surface area contributed by atoms with Crippen LogP contribution in [0, 0.1) is 17.7 Å². The van der Waals surface area contributed by atoms with Crippen LogP contribution in [0.1, 0.15) is 36.9 Å². The standard InChI is InChI=1S/C23H18FN5O6S2/c1-13(15-5-3-2-4-14(15)6-7-23(8-9-23)27-21(30)31)29-17-10-16(24)19(11-18(17)35-22(29)32)37(33,34)28-20-25-12-26-36-20/h2-5,10-13,27H,8-9H2,1H3,(H,30,31)(H,25,26,28)/t13-/m1/s1. The molecule has 1 aliphatic rings. The highest BCUT2D eigenvalue weighted by Gasteiger charge is 2.42. The molecule has 2 heterocycles. The highest BCUT2D eigenvalue weighted by molar-refractivity contribution is 7.93. The summed E-state index contributed by atoms with van der Waals surface area (Å²) in [6.07, 6.45) is 1.17. The van der Waals surface area contributed by atoms with Crippen molar-refractivity contribution >= 4 is 43.9 Å². The van der Waals surface area contributed by atoms with Gasteiger partial charge >= 0.3 is 11.8 Å². The minimum Gasteiger partial charge on any atom is -0.465 e. The van der Waals surface area contributed by atoms with Crippen molar-refractivity contribution < 1.29 is 27.1 Å². The van der Waals surface area contributed by atoms with Crippen molar-refractivity contribution in [2.75, 3.05) is 4.72 Å². The fraction of sp³-hybridized carbons (Fsp3) is 0.217. The Balaban J connectivity index is 1.53. The lowest BCUT2D eigenvalue weighted by molar-refractivity contribution is 0.191. The summed E-state index contributed by atoms with van der Waals surface area (Å²) < 4.78 is 52.7. The zero-order valence-electron chi connectivity index (χ0n) is 19.1. The lowest BCUT2D eigenvalue weighted by Gasteiger charge is -2.16. The third-order valence-electron chi connectivity index (χ3n) is 5.87. The number of amides is 1. The normalized spacial score (nSPS) is 15.0. The van der Waals surface area contributed by atoms with Crippen LogP contribution in [0.5, 0.6) is 0 Å². The van der Waals surface area contributed by atoms with Crippen LogP contribution in [0.3, 0.4) is 0 Å². The van der Waals surface area contributed by atoms with Gasteiger partial charge in [-0.3, -0.25) is 9.29 Å². The molecule has 1 atom stereocenters. The van der Waals surface area contributed by atoms with Crippen molar-refractivity contribution in [2.45, 2.75) is 36.2 Å². The van der Waals surface area contributed by atoms with Crippen molar-refractivity contribution in [1.82, 2.24) is 19.2 Å². The Bertz CT molecular complexity index is 1750. The third-order valence-corrected chi connectivity index (χ3v) is 7.93. The summed E-state index contributed by atoms with van der Waals surface area (Å²) in [7, 11) is -4.37. The molecule has 5 rings (SSSR count). The molecule has 0 spiro atoms. The topological polar surface area (TPSA) is 156 Å². The number of benzene rings is 2. The van der Waals surface area contributed by atoms with Crippen LogP contribution in [0.15, 0.2) is 56.8 Å². The quantitative estimate of drug-likeness (QED) is 0.313. The maximum absolute atomic E-state index is 15.1. The number of carbonyl (C=O) groups is 1. The molecule has 0 unspecified atom stereocenters. The van der Waals surface area contributed by atoms with Gasteiger partial charge in [0, 0.05) is 29.2 Å². The highest BCUT2D eigenvalue weighted by Crippen LogP contribution is 2.35. The molecule has 2 aromatic heterocycles. The highest BCUT2D eigenvalue weighted by atomic mass is 32.2. The van der Waals surface area contributed by atoms with Gasteiger partial charge < -0.3 is 14.8 Å². The molecule has 3 N–H and O–H groups in total. The molecule has 0 saturated heterocycles. The first-order valence-electron chi connectivity index (χ1n) is 10.9. The Morgan fingerprint density at radius 1 is 1.32 bits per heavy atom. The van der Waals surface area contributed by atoms with Crippen LogP contribution >= 0.6 is 11.5 Å². The van der Waals surface area contributed by atoms with E-state index < -0.39 is 44.2 Å². The average molecular weight is 544 g/mol. The Morgan fingerprint density at radius 3 is 2.76 bits per heavy atom. The largest absolute Gasteiger partial charge is 0.465 e. The number of sulfonamides is 1. The van der Waals surface area contributed by atoms with Crippen molar-refractivity contribution in [2.24, 2.45) is 0 Å². The number of hydrogen-bond acceptors (Lipinski definition) is 8. The molecule has 37 heavy (non-hydrogen) atoms. The number of nitrogens with zero attached hydrogens (tertiary/aromatic N) is 3. The van der Waals surface area contributed by atoms with E-state index in [1.54, 1.807) is 31.2 Å². The Morgan fingerprint density at radius 2 is 2.08 bits per heavy atom. The van der Waals surface area contributed by atoms with Gasteiger partial charge in [-0.1, -0.05) is 30.0 Å². The second-order valence-electron chi connectivity index (χ2n) is 8.37. The van der Waals surface area contributed by atoms with Crippen molar-refractivity contribution in [3.8, 4) is 11.8 Å². The van der Waals surface area contributed by atoms with Gasteiger partial charge in [0.2, 0.25) is 5.13 Å². The van der Waals surface area contributed by atoms with Crippen molar-refractivity contribution in [1.29, 1.82) is 0 Å². The van der Waals surface area contributed by atoms with Gasteiger partial charge in [0.15, 0.2) is 5.58 Å². The van der Waals surface area contributed by atoms with E-state index in [0.29, 0.717) is 24.0 Å². The number of nitrogens with one attached hydrogen (secondary N) is 2. The molecule has 0 aliphatic heterocycles. The summed E-state index contributed by atoms with van der Waals surface area (Å²) in [6, 6.07) is 8.16. The predicted octanol–water partition coefficient (Wildman–Crippen LogP) is 3.15. The first-order chi connectivity index (χ1) is 17.6. The lowest BCUT2D eigenvalue weighted by Crippen LogP contribution is -2.34. The number of carboxylic acid groups (broad SMARTS) is 1. The molecular weight excluding hydrogens is 525 g/mol. The Kier molecular flexibility index (Phi) is 5.97. The molecule has 14 heteroatoms. The molecular formula is C23H18FN5O6S2. The van der Waals surface area contributed by atoms with Crippen LogP contribution in [-0.2, 0) is 10.0 Å². The number of fused-ring (bicyclic) bond motifs is 1. The van der Waals surface area contributed by atoms with E-state index in [1.165, 1.54) is 4.57 Å². The number of aromatic nitrogens is 3. The summed E-state index contributed by atoms with van der Waals surface area (Å²) in [4.78, 5) is 26.9. The smallest absolute Gasteiger partial charge is 0.420 e. The van der Waals surface area contributed by atoms with E-state index >= 15 is 4.39 Å². The van der Waals surface area contributed by atoms with Crippen LogP contribution in [-0.4, -0.2) is 39.1 Å². The van der Waals surface area contributed by atoms with Crippen molar-refractivity contribution in [3.63, 3.8) is 0 Å². The molecule has 1 fully saturated rings. The van der Waals surface area contributed by atoms with Crippen LogP contribution in [0.4, 0.5) is 14.3 Å². The number of anilines is 1. The number of halogens is 1. The second kappa shape index (κ2) is 9.02. The first-order valence-corrected chi connectivity index (χ1v) is 13.1. The molecule has 4 aromatic rings. The van der Waals surface area contributed by atoms with E-state index in [4.69, 9.17) is 9.52 Å². The molecule has 0 radical (unpaired) electrons. The van der Waals surface area contributed by atoms with E-state index in [1.807, 2.05) is 0 Å². The zero-order chi connectivity index (χ0) is 26.4. The molecule has 1 aliphatic carbocycles. The second-order valence-corrected chi connectivity index (χ2v) is 10.8. The zero-order valence-corrected chi connectivity index (χ0v) is 20.7. The molecule has 2 aromatic carbocycles. The van der Waals surface area contributed by atoms with E-state index in [9.17, 15) is 18.0 Å². The molecule has 11 nitrogen and oxygen atoms in total. The summed E-state index contributed by atoms with van der Waals surface area (Å²) >= 11 is 0.780. The molecule has 190 valence electrons. The Labute approximate surface area is 213 Å². The minimum atomic E-state index is -4.37.